The molecule has 3 rings (SSSR count). The number of carboxylic acid groups (broad SMARTS) is 1. The molecule has 1 aromatic rings. The third-order valence-corrected chi connectivity index (χ3v) is 4.89. The van der Waals surface area contributed by atoms with Gasteiger partial charge in [0.05, 0.1) is 0 Å². The molecule has 1 saturated heterocycles. The molecule has 20 heavy (non-hydrogen) atoms. The number of piperazine rings is 1. The van der Waals surface area contributed by atoms with Crippen LogP contribution in [-0.2, 0) is 10.3 Å². The van der Waals surface area contributed by atoms with Gasteiger partial charge in [0.1, 0.15) is 5.54 Å². The number of nitrogens with one attached hydrogen (secondary N) is 1. The molecule has 108 valence electrons. The zero-order valence-corrected chi connectivity index (χ0v) is 11.9. The molecule has 4 heteroatoms. The standard InChI is InChI=1S/C16H22N2O2/c1-12-6-7-16(15(19)20,18-10-8-17-9-11-18)14-5-3-2-4-13(12)14/h2-5,12,17H,6-11H2,1H3,(H,19,20). The van der Waals surface area contributed by atoms with Crippen LogP contribution < -0.4 is 5.32 Å². The number of carboxylic acids is 1. The molecule has 0 spiro atoms. The average Bonchev–Trinajstić information content (AvgIpc) is 2.49. The second-order valence-electron chi connectivity index (χ2n) is 5.93. The van der Waals surface area contributed by atoms with E-state index in [9.17, 15) is 9.90 Å². The van der Waals surface area contributed by atoms with Crippen LogP contribution in [0.5, 0.6) is 0 Å². The van der Waals surface area contributed by atoms with Gasteiger partial charge in [0.25, 0.3) is 0 Å². The van der Waals surface area contributed by atoms with Crippen molar-refractivity contribution in [2.24, 2.45) is 0 Å². The van der Waals surface area contributed by atoms with Crippen LogP contribution in [0.3, 0.4) is 0 Å². The molecule has 1 fully saturated rings. The van der Waals surface area contributed by atoms with Crippen molar-refractivity contribution in [1.82, 2.24) is 10.2 Å². The van der Waals surface area contributed by atoms with Crippen molar-refractivity contribution in [2.75, 3.05) is 26.2 Å². The first-order chi connectivity index (χ1) is 9.66. The minimum Gasteiger partial charge on any atom is -0.480 e. The van der Waals surface area contributed by atoms with Gasteiger partial charge in [-0.25, -0.2) is 4.79 Å². The van der Waals surface area contributed by atoms with E-state index in [-0.39, 0.29) is 0 Å². The fourth-order valence-electron chi connectivity index (χ4n) is 3.75. The predicted octanol–water partition coefficient (Wildman–Crippen LogP) is 1.77. The summed E-state index contributed by atoms with van der Waals surface area (Å²) in [5, 5.41) is 13.3. The van der Waals surface area contributed by atoms with Crippen molar-refractivity contribution in [3.63, 3.8) is 0 Å². The third-order valence-electron chi connectivity index (χ3n) is 4.89. The highest BCUT2D eigenvalue weighted by atomic mass is 16.4. The fourth-order valence-corrected chi connectivity index (χ4v) is 3.75. The van der Waals surface area contributed by atoms with Crippen molar-refractivity contribution in [1.29, 1.82) is 0 Å². The van der Waals surface area contributed by atoms with Crippen molar-refractivity contribution >= 4 is 5.97 Å². The quantitative estimate of drug-likeness (QED) is 0.863. The maximum Gasteiger partial charge on any atom is 0.328 e. The maximum atomic E-state index is 12.2. The SMILES string of the molecule is CC1CCC(C(=O)O)(N2CCNCC2)c2ccccc21. The average molecular weight is 274 g/mol. The molecular formula is C16H22N2O2. The Morgan fingerprint density at radius 1 is 1.35 bits per heavy atom. The molecule has 4 nitrogen and oxygen atoms in total. The second kappa shape index (κ2) is 5.19. The number of hydrogen-bond acceptors (Lipinski definition) is 3. The number of aliphatic carboxylic acids is 1. The molecule has 0 radical (unpaired) electrons. The minimum atomic E-state index is -0.828. The van der Waals surface area contributed by atoms with Gasteiger partial charge in [-0.3, -0.25) is 4.90 Å². The van der Waals surface area contributed by atoms with Gasteiger partial charge in [0.2, 0.25) is 0 Å². The predicted molar refractivity (Wildman–Crippen MR) is 77.8 cm³/mol. The van der Waals surface area contributed by atoms with E-state index in [0.29, 0.717) is 12.3 Å². The molecule has 0 aromatic heterocycles. The van der Waals surface area contributed by atoms with Crippen LogP contribution in [0.2, 0.25) is 0 Å². The lowest BCUT2D eigenvalue weighted by Crippen LogP contribution is -2.59. The van der Waals surface area contributed by atoms with Gasteiger partial charge >= 0.3 is 5.97 Å². The number of rotatable bonds is 2. The van der Waals surface area contributed by atoms with Crippen molar-refractivity contribution in [3.05, 3.63) is 35.4 Å². The lowest BCUT2D eigenvalue weighted by atomic mass is 9.71. The molecule has 0 amide bonds. The Bertz CT molecular complexity index is 511. The Balaban J connectivity index is 2.11. The molecule has 1 heterocycles. The fraction of sp³-hybridized carbons (Fsp3) is 0.562. The van der Waals surface area contributed by atoms with E-state index in [0.717, 1.165) is 38.2 Å². The van der Waals surface area contributed by atoms with Gasteiger partial charge in [-0.15, -0.1) is 0 Å². The summed E-state index contributed by atoms with van der Waals surface area (Å²) in [6.45, 7) is 5.53. The van der Waals surface area contributed by atoms with Crippen LogP contribution >= 0.6 is 0 Å². The van der Waals surface area contributed by atoms with Crippen LogP contribution in [0.25, 0.3) is 0 Å². The molecule has 1 aliphatic heterocycles. The molecular weight excluding hydrogens is 252 g/mol. The summed E-state index contributed by atoms with van der Waals surface area (Å²) in [4.78, 5) is 14.3. The van der Waals surface area contributed by atoms with Gasteiger partial charge < -0.3 is 10.4 Å². The zero-order chi connectivity index (χ0) is 14.2. The van der Waals surface area contributed by atoms with E-state index in [4.69, 9.17) is 0 Å². The van der Waals surface area contributed by atoms with Gasteiger partial charge in [0.15, 0.2) is 0 Å². The van der Waals surface area contributed by atoms with Gasteiger partial charge in [-0.05, 0) is 29.9 Å². The van der Waals surface area contributed by atoms with E-state index < -0.39 is 11.5 Å². The molecule has 1 aliphatic carbocycles. The van der Waals surface area contributed by atoms with Crippen LogP contribution in [-0.4, -0.2) is 42.2 Å². The summed E-state index contributed by atoms with van der Waals surface area (Å²) in [6.07, 6.45) is 1.65. The number of fused-ring (bicyclic) bond motifs is 1. The lowest BCUT2D eigenvalue weighted by Gasteiger charge is -2.47. The molecule has 2 atom stereocenters. The first-order valence-corrected chi connectivity index (χ1v) is 7.45. The van der Waals surface area contributed by atoms with E-state index >= 15 is 0 Å². The Kier molecular flexibility index (Phi) is 3.52. The summed E-state index contributed by atoms with van der Waals surface area (Å²) in [5.41, 5.74) is 1.39. The summed E-state index contributed by atoms with van der Waals surface area (Å²) in [6, 6.07) is 8.10. The van der Waals surface area contributed by atoms with Gasteiger partial charge in [-0.1, -0.05) is 31.2 Å². The number of carbonyl (C=O) groups is 1. The molecule has 1 aromatic carbocycles. The largest absolute Gasteiger partial charge is 0.480 e. The van der Waals surface area contributed by atoms with Crippen molar-refractivity contribution < 1.29 is 9.90 Å². The van der Waals surface area contributed by atoms with Gasteiger partial charge in [0, 0.05) is 26.2 Å². The summed E-state index contributed by atoms with van der Waals surface area (Å²) in [5.74, 6) is -0.250. The normalized spacial score (nSPS) is 30.8. The van der Waals surface area contributed by atoms with Crippen molar-refractivity contribution in [3.8, 4) is 0 Å². The minimum absolute atomic E-state index is 0.446. The number of nitrogens with zero attached hydrogens (tertiary/aromatic N) is 1. The third kappa shape index (κ3) is 1.95. The van der Waals surface area contributed by atoms with E-state index in [2.05, 4.69) is 23.2 Å². The smallest absolute Gasteiger partial charge is 0.328 e. The first kappa shape index (κ1) is 13.6. The molecule has 2 unspecified atom stereocenters. The Morgan fingerprint density at radius 3 is 2.75 bits per heavy atom. The highest BCUT2D eigenvalue weighted by Gasteiger charge is 2.49. The second-order valence-corrected chi connectivity index (χ2v) is 5.93. The molecule has 2 N–H and O–H groups in total. The molecule has 0 saturated carbocycles. The summed E-state index contributed by atoms with van der Waals surface area (Å²) >= 11 is 0. The van der Waals surface area contributed by atoms with Crippen LogP contribution in [0, 0.1) is 0 Å². The highest BCUT2D eigenvalue weighted by molar-refractivity contribution is 5.82. The number of benzene rings is 1. The topological polar surface area (TPSA) is 52.6 Å². The zero-order valence-electron chi connectivity index (χ0n) is 11.9. The maximum absolute atomic E-state index is 12.2. The Hall–Kier alpha value is -1.39. The molecule has 2 aliphatic rings. The Labute approximate surface area is 119 Å². The van der Waals surface area contributed by atoms with E-state index in [1.807, 2.05) is 18.2 Å². The highest BCUT2D eigenvalue weighted by Crippen LogP contribution is 2.45. The van der Waals surface area contributed by atoms with Crippen LogP contribution in [0.4, 0.5) is 0 Å². The van der Waals surface area contributed by atoms with Gasteiger partial charge in [-0.2, -0.15) is 0 Å². The lowest BCUT2D eigenvalue weighted by molar-refractivity contribution is -0.154. The van der Waals surface area contributed by atoms with Crippen LogP contribution in [0.1, 0.15) is 36.8 Å². The van der Waals surface area contributed by atoms with E-state index in [1.54, 1.807) is 0 Å². The monoisotopic (exact) mass is 274 g/mol. The Morgan fingerprint density at radius 2 is 2.05 bits per heavy atom. The number of hydrogen-bond donors (Lipinski definition) is 2. The van der Waals surface area contributed by atoms with E-state index in [1.165, 1.54) is 5.56 Å². The summed E-state index contributed by atoms with van der Waals surface area (Å²) in [7, 11) is 0. The van der Waals surface area contributed by atoms with Crippen molar-refractivity contribution in [2.45, 2.75) is 31.2 Å². The summed E-state index contributed by atoms with van der Waals surface area (Å²) < 4.78 is 0. The molecule has 0 bridgehead atoms. The first-order valence-electron chi connectivity index (χ1n) is 7.45. The van der Waals surface area contributed by atoms with Crippen LogP contribution in [0.15, 0.2) is 24.3 Å².